The van der Waals surface area contributed by atoms with E-state index in [-0.39, 0.29) is 51.2 Å². The number of nitrogens with one attached hydrogen (secondary N) is 1. The number of rotatable bonds is 11. The Morgan fingerprint density at radius 1 is 1.33 bits per heavy atom. The van der Waals surface area contributed by atoms with Gasteiger partial charge in [-0.15, -0.1) is 0 Å². The maximum absolute atomic E-state index is 13.1. The van der Waals surface area contributed by atoms with Gasteiger partial charge in [-0.25, -0.2) is 13.8 Å². The molecule has 6 N–H and O–H groups in total. The molecule has 13 nitrogen and oxygen atoms in total. The first-order chi connectivity index (χ1) is 18.2. The number of aliphatic hydroxyl groups is 1. The van der Waals surface area contributed by atoms with Crippen LogP contribution < -0.4 is 16.9 Å². The predicted molar refractivity (Wildman–Crippen MR) is 132 cm³/mol. The minimum atomic E-state index is -2.93. The number of aryl methyl sites for hydroxylation is 1. The van der Waals surface area contributed by atoms with Crippen LogP contribution >= 0.6 is 0 Å². The fraction of sp³-hybridized carbons (Fsp3) is 0.261. The fourth-order valence-electron chi connectivity index (χ4n) is 3.46. The molecule has 210 valence electrons. The summed E-state index contributed by atoms with van der Waals surface area (Å²) in [7, 11) is 0. The van der Waals surface area contributed by atoms with Gasteiger partial charge in [0.05, 0.1) is 19.2 Å². The van der Waals surface area contributed by atoms with Crippen LogP contribution in [0.4, 0.5) is 14.5 Å². The van der Waals surface area contributed by atoms with E-state index in [4.69, 9.17) is 20.8 Å². The average Bonchev–Trinajstić information content (AvgIpc) is 3.52. The molecule has 0 saturated carbocycles. The number of ether oxygens (including phenoxy) is 1. The van der Waals surface area contributed by atoms with Gasteiger partial charge in [-0.3, -0.25) is 9.20 Å². The fourth-order valence-corrected chi connectivity index (χ4v) is 3.46. The van der Waals surface area contributed by atoms with Crippen molar-refractivity contribution >= 4 is 23.1 Å². The summed E-state index contributed by atoms with van der Waals surface area (Å²) in [6.07, 6.45) is -2.17. The number of imidazole rings is 1. The molecule has 0 spiro atoms. The third kappa shape index (κ3) is 7.40. The monoisotopic (exact) mass is 634 g/mol. The van der Waals surface area contributed by atoms with Gasteiger partial charge in [-0.2, -0.15) is 4.98 Å². The van der Waals surface area contributed by atoms with Crippen LogP contribution in [0.3, 0.4) is 0 Å². The van der Waals surface area contributed by atoms with E-state index in [0.717, 1.165) is 11.1 Å². The van der Waals surface area contributed by atoms with Gasteiger partial charge in [-0.05, 0) is 36.2 Å². The van der Waals surface area contributed by atoms with Gasteiger partial charge in [0.25, 0.3) is 12.3 Å². The molecular formula is C23H24F2N9O4Pd-. The van der Waals surface area contributed by atoms with Gasteiger partial charge in [0.2, 0.25) is 11.7 Å². The molecule has 0 aliphatic rings. The van der Waals surface area contributed by atoms with E-state index >= 15 is 0 Å². The van der Waals surface area contributed by atoms with Crippen molar-refractivity contribution in [3.05, 3.63) is 71.0 Å². The first kappa shape index (κ1) is 29.7. The number of aliphatic hydroxyl groups excluding tert-OH is 1. The Balaban J connectivity index is 0.00000420. The van der Waals surface area contributed by atoms with Crippen molar-refractivity contribution in [3.8, 4) is 11.4 Å². The van der Waals surface area contributed by atoms with Crippen LogP contribution in [0, 0.1) is 6.92 Å². The Morgan fingerprint density at radius 2 is 2.13 bits per heavy atom. The summed E-state index contributed by atoms with van der Waals surface area (Å²) >= 11 is 0. The molecule has 4 rings (SSSR count). The molecule has 0 saturated heterocycles. The molecule has 1 amide bonds. The van der Waals surface area contributed by atoms with Crippen molar-refractivity contribution in [2.45, 2.75) is 32.5 Å². The summed E-state index contributed by atoms with van der Waals surface area (Å²) in [5.41, 5.74) is 12.0. The van der Waals surface area contributed by atoms with Crippen LogP contribution in [0.1, 0.15) is 27.5 Å². The van der Waals surface area contributed by atoms with E-state index in [1.54, 1.807) is 47.9 Å². The number of amides is 1. The molecule has 1 atom stereocenters. The Hall–Kier alpha value is -3.81. The Bertz CT molecular complexity index is 1460. The number of benzene rings is 1. The van der Waals surface area contributed by atoms with E-state index in [1.807, 2.05) is 0 Å². The van der Waals surface area contributed by atoms with Crippen molar-refractivity contribution in [2.24, 2.45) is 16.7 Å². The summed E-state index contributed by atoms with van der Waals surface area (Å²) in [6, 6.07) is 8.62. The number of pyridine rings is 1. The van der Waals surface area contributed by atoms with Crippen LogP contribution in [-0.2, 0) is 38.2 Å². The summed E-state index contributed by atoms with van der Waals surface area (Å²) in [6.45, 7) is 2.09. The van der Waals surface area contributed by atoms with Gasteiger partial charge in [0, 0.05) is 37.9 Å². The number of aromatic nitrogens is 4. The Labute approximate surface area is 234 Å². The van der Waals surface area contributed by atoms with Crippen LogP contribution in [0.25, 0.3) is 22.6 Å². The second-order valence-electron chi connectivity index (χ2n) is 8.21. The van der Waals surface area contributed by atoms with Crippen molar-refractivity contribution in [1.82, 2.24) is 19.5 Å². The summed E-state index contributed by atoms with van der Waals surface area (Å²) in [5, 5.41) is 19.4. The second kappa shape index (κ2) is 13.3. The zero-order valence-corrected chi connectivity index (χ0v) is 22.0. The molecule has 1 unspecified atom stereocenters. The molecule has 0 radical (unpaired) electrons. The average molecular weight is 635 g/mol. The quantitative estimate of drug-likeness (QED) is 0.0629. The number of nitrogens with zero attached hydrogens (tertiary/aromatic N) is 6. The van der Waals surface area contributed by atoms with Crippen molar-refractivity contribution in [1.29, 1.82) is 0 Å². The normalized spacial score (nSPS) is 12.4. The minimum absolute atomic E-state index is 0. The zero-order valence-electron chi connectivity index (χ0n) is 20.4. The van der Waals surface area contributed by atoms with E-state index in [1.165, 1.54) is 6.20 Å². The standard InChI is InChI=1S/C23H24F2N9O4.Pd/c1-12-2-3-14(22-30-20(38-32-22)8-17(35)21(24)25)7-15(12)29-23(36)16-9-28-19-6-13(4-5-34(16)19)10-37-11-18(26)31-33-27;/h2-7,9,17,21,35H,8,10-11,27H2,1H3,(H2,26,31)(H,29,36);/q-1;. The molecule has 0 aliphatic carbocycles. The number of hydrogen-bond acceptors (Lipinski definition) is 9. The van der Waals surface area contributed by atoms with Gasteiger partial charge in [0.15, 0.2) is 0 Å². The summed E-state index contributed by atoms with van der Waals surface area (Å²) < 4.78 is 37.2. The number of hydrogen-bond donors (Lipinski definition) is 4. The van der Waals surface area contributed by atoms with Gasteiger partial charge < -0.3 is 41.9 Å². The number of carbonyl (C=O) groups excluding carboxylic acids is 1. The molecule has 16 heteroatoms. The van der Waals surface area contributed by atoms with Crippen LogP contribution in [0.5, 0.6) is 0 Å². The summed E-state index contributed by atoms with van der Waals surface area (Å²) in [4.78, 5) is 21.4. The van der Waals surface area contributed by atoms with Crippen LogP contribution in [-0.4, -0.2) is 55.5 Å². The number of halogens is 2. The smallest absolute Gasteiger partial charge is 0.274 e. The molecule has 0 bridgehead atoms. The minimum Gasteiger partial charge on any atom is -0.542 e. The number of fused-ring (bicyclic) bond motifs is 1. The number of nitrogens with two attached hydrogens (primary N) is 2. The molecule has 39 heavy (non-hydrogen) atoms. The van der Waals surface area contributed by atoms with Gasteiger partial charge >= 0.3 is 0 Å². The first-order valence-electron chi connectivity index (χ1n) is 11.2. The number of anilines is 1. The predicted octanol–water partition coefficient (Wildman–Crippen LogP) is 2.15. The second-order valence-corrected chi connectivity index (χ2v) is 8.21. The molecule has 4 aromatic rings. The number of carbonyl (C=O) groups is 1. The van der Waals surface area contributed by atoms with E-state index in [0.29, 0.717) is 22.6 Å². The third-order valence-electron chi connectivity index (χ3n) is 5.40. The largest absolute Gasteiger partial charge is 0.542 e. The topological polar surface area (TPSA) is 193 Å². The SMILES string of the molecule is Cc1ccc(-c2noc(CC(O)C(F)F)n2)cc1NC(=O)c1cnc2cc(COC/C(N)=N/[N-]N)ccn12.[Pd]. The van der Waals surface area contributed by atoms with E-state index in [2.05, 4.69) is 31.1 Å². The van der Waals surface area contributed by atoms with Crippen molar-refractivity contribution < 1.29 is 48.4 Å². The van der Waals surface area contributed by atoms with Gasteiger partial charge in [0.1, 0.15) is 29.9 Å². The molecule has 3 aromatic heterocycles. The van der Waals surface area contributed by atoms with Crippen LogP contribution in [0.15, 0.2) is 52.4 Å². The van der Waals surface area contributed by atoms with E-state index in [9.17, 15) is 18.7 Å². The third-order valence-corrected chi connectivity index (χ3v) is 5.40. The number of amidine groups is 1. The Morgan fingerprint density at radius 3 is 2.87 bits per heavy atom. The Kier molecular flexibility index (Phi) is 10.2. The maximum atomic E-state index is 13.1. The molecule has 3 heterocycles. The van der Waals surface area contributed by atoms with Crippen molar-refractivity contribution in [3.63, 3.8) is 0 Å². The van der Waals surface area contributed by atoms with E-state index < -0.39 is 24.9 Å². The summed E-state index contributed by atoms with van der Waals surface area (Å²) in [5.74, 6) is 4.66. The molecular weight excluding hydrogens is 611 g/mol. The first-order valence-corrected chi connectivity index (χ1v) is 11.2. The maximum Gasteiger partial charge on any atom is 0.274 e. The number of alkyl halides is 2. The van der Waals surface area contributed by atoms with Crippen LogP contribution in [0.2, 0.25) is 0 Å². The molecule has 1 aromatic carbocycles. The molecule has 0 aliphatic heterocycles. The van der Waals surface area contributed by atoms with Gasteiger partial charge in [-0.1, -0.05) is 17.3 Å². The van der Waals surface area contributed by atoms with Crippen molar-refractivity contribution in [2.75, 3.05) is 11.9 Å². The zero-order chi connectivity index (χ0) is 27.2. The molecule has 0 fully saturated rings.